The zero-order valence-electron chi connectivity index (χ0n) is 19.6. The summed E-state index contributed by atoms with van der Waals surface area (Å²) in [6.45, 7) is -0.0130. The minimum Gasteiger partial charge on any atom is -0.394 e. The number of nitrogens with zero attached hydrogens (tertiary/aromatic N) is 2. The number of benzene rings is 1. The van der Waals surface area contributed by atoms with Crippen molar-refractivity contribution in [2.45, 2.75) is 31.6 Å². The topological polar surface area (TPSA) is 112 Å². The van der Waals surface area contributed by atoms with Gasteiger partial charge >= 0.3 is 6.18 Å². The van der Waals surface area contributed by atoms with E-state index in [9.17, 15) is 35.9 Å². The first-order chi connectivity index (χ1) is 17.3. The molecule has 1 aliphatic rings. The molecule has 0 bridgehead atoms. The predicted molar refractivity (Wildman–Crippen MR) is 130 cm³/mol. The first kappa shape index (κ1) is 27.9. The van der Waals surface area contributed by atoms with Gasteiger partial charge in [0, 0.05) is 24.7 Å². The normalized spacial score (nSPS) is 16.1. The number of alkyl halides is 3. The molecule has 13 heteroatoms. The minimum atomic E-state index is -4.66. The molecule has 198 valence electrons. The van der Waals surface area contributed by atoms with Gasteiger partial charge < -0.3 is 15.3 Å². The molecule has 1 unspecified atom stereocenters. The molecule has 37 heavy (non-hydrogen) atoms. The van der Waals surface area contributed by atoms with Crippen LogP contribution >= 0.6 is 0 Å². The second kappa shape index (κ2) is 11.2. The highest BCUT2D eigenvalue weighted by Crippen LogP contribution is 2.33. The van der Waals surface area contributed by atoms with Crippen LogP contribution in [0.15, 0.2) is 30.3 Å². The molecule has 1 saturated heterocycles. The Balaban J connectivity index is 1.79. The van der Waals surface area contributed by atoms with E-state index in [4.69, 9.17) is 6.42 Å². The first-order valence-electron chi connectivity index (χ1n) is 11.0. The van der Waals surface area contributed by atoms with Crippen LogP contribution in [0.4, 0.5) is 29.1 Å². The van der Waals surface area contributed by atoms with Gasteiger partial charge in [-0.05, 0) is 48.7 Å². The van der Waals surface area contributed by atoms with Gasteiger partial charge in [-0.2, -0.15) is 13.2 Å². The number of pyridine rings is 1. The zero-order chi connectivity index (χ0) is 27.4. The molecule has 1 aliphatic heterocycles. The molecule has 1 aromatic carbocycles. The number of aliphatic hydroxyl groups is 1. The van der Waals surface area contributed by atoms with Gasteiger partial charge in [0.1, 0.15) is 17.3 Å². The SMILES string of the molecule is C#Cc1cc(CNC(=O)/C=C\c2ccc(C(F)(F)F)nc2N2CCCC2CO)cc(F)c1NS(C)(=O)=O. The summed E-state index contributed by atoms with van der Waals surface area (Å²) < 4.78 is 79.0. The number of nitrogens with one attached hydrogen (secondary N) is 2. The molecule has 1 fully saturated rings. The first-order valence-corrected chi connectivity index (χ1v) is 12.9. The molecule has 3 N–H and O–H groups in total. The lowest BCUT2D eigenvalue weighted by Gasteiger charge is -2.26. The highest BCUT2D eigenvalue weighted by molar-refractivity contribution is 7.92. The van der Waals surface area contributed by atoms with E-state index in [0.717, 1.165) is 24.5 Å². The van der Waals surface area contributed by atoms with Crippen molar-refractivity contribution in [1.29, 1.82) is 0 Å². The van der Waals surface area contributed by atoms with Gasteiger partial charge in [0.25, 0.3) is 0 Å². The van der Waals surface area contributed by atoms with Crippen LogP contribution in [0.1, 0.15) is 35.2 Å². The number of amides is 1. The number of hydrogen-bond donors (Lipinski definition) is 3. The van der Waals surface area contributed by atoms with E-state index in [1.54, 1.807) is 4.90 Å². The fourth-order valence-corrected chi connectivity index (χ4v) is 4.44. The van der Waals surface area contributed by atoms with Crippen LogP contribution in [0.5, 0.6) is 0 Å². The molecule has 1 aromatic heterocycles. The number of rotatable bonds is 8. The van der Waals surface area contributed by atoms with Gasteiger partial charge in [-0.15, -0.1) is 6.42 Å². The van der Waals surface area contributed by atoms with Crippen LogP contribution in [-0.4, -0.2) is 49.9 Å². The molecule has 3 rings (SSSR count). The molecule has 0 spiro atoms. The number of terminal acetylenes is 1. The summed E-state index contributed by atoms with van der Waals surface area (Å²) in [6.07, 6.45) is 5.19. The van der Waals surface area contributed by atoms with Crippen LogP contribution in [0.2, 0.25) is 0 Å². The Labute approximate surface area is 211 Å². The summed E-state index contributed by atoms with van der Waals surface area (Å²) >= 11 is 0. The lowest BCUT2D eigenvalue weighted by Crippen LogP contribution is -2.33. The summed E-state index contributed by atoms with van der Waals surface area (Å²) in [5.74, 6) is 0.633. The van der Waals surface area contributed by atoms with Gasteiger partial charge in [0.05, 0.1) is 30.2 Å². The fraction of sp³-hybridized carbons (Fsp3) is 0.333. The van der Waals surface area contributed by atoms with Crippen LogP contribution in [-0.2, 0) is 27.5 Å². The van der Waals surface area contributed by atoms with E-state index in [-0.39, 0.29) is 41.3 Å². The van der Waals surface area contributed by atoms with Crippen molar-refractivity contribution in [2.75, 3.05) is 29.0 Å². The molecule has 1 atom stereocenters. The van der Waals surface area contributed by atoms with Gasteiger partial charge in [-0.3, -0.25) is 9.52 Å². The van der Waals surface area contributed by atoms with Crippen molar-refractivity contribution in [3.8, 4) is 12.3 Å². The van der Waals surface area contributed by atoms with E-state index in [1.807, 2.05) is 4.72 Å². The van der Waals surface area contributed by atoms with E-state index in [2.05, 4.69) is 16.2 Å². The third kappa shape index (κ3) is 7.21. The molecular weight excluding hydrogens is 516 g/mol. The molecule has 1 amide bonds. The maximum atomic E-state index is 14.4. The quantitative estimate of drug-likeness (QED) is 0.270. The van der Waals surface area contributed by atoms with E-state index in [1.165, 1.54) is 18.2 Å². The Hall–Kier alpha value is -3.63. The average Bonchev–Trinajstić information content (AvgIpc) is 3.30. The Bertz CT molecular complexity index is 1350. The number of carbonyl (C=O) groups is 1. The van der Waals surface area contributed by atoms with Crippen molar-refractivity contribution in [3.05, 3.63) is 58.5 Å². The molecule has 0 aliphatic carbocycles. The van der Waals surface area contributed by atoms with Crippen molar-refractivity contribution in [3.63, 3.8) is 0 Å². The van der Waals surface area contributed by atoms with Crippen LogP contribution in [0, 0.1) is 18.2 Å². The second-order valence-corrected chi connectivity index (χ2v) is 10.1. The summed E-state index contributed by atoms with van der Waals surface area (Å²) in [5.41, 5.74) is -1.03. The van der Waals surface area contributed by atoms with Crippen molar-refractivity contribution < 1.29 is 35.9 Å². The van der Waals surface area contributed by atoms with Crippen LogP contribution in [0.25, 0.3) is 6.08 Å². The third-order valence-corrected chi connectivity index (χ3v) is 6.10. The lowest BCUT2D eigenvalue weighted by molar-refractivity contribution is -0.141. The zero-order valence-corrected chi connectivity index (χ0v) is 20.5. The average molecular weight is 541 g/mol. The molecule has 2 aromatic rings. The fourth-order valence-electron chi connectivity index (χ4n) is 3.86. The van der Waals surface area contributed by atoms with Crippen LogP contribution in [0.3, 0.4) is 0 Å². The maximum absolute atomic E-state index is 14.4. The van der Waals surface area contributed by atoms with Crippen molar-refractivity contribution in [1.82, 2.24) is 10.3 Å². The Kier molecular flexibility index (Phi) is 8.45. The maximum Gasteiger partial charge on any atom is 0.433 e. The summed E-state index contributed by atoms with van der Waals surface area (Å²) in [4.78, 5) is 17.7. The number of anilines is 2. The second-order valence-electron chi connectivity index (χ2n) is 8.35. The summed E-state index contributed by atoms with van der Waals surface area (Å²) in [6, 6.07) is 3.96. The van der Waals surface area contributed by atoms with Gasteiger partial charge in [-0.25, -0.2) is 17.8 Å². The van der Waals surface area contributed by atoms with E-state index < -0.39 is 39.7 Å². The minimum absolute atomic E-state index is 0.00474. The Morgan fingerprint density at radius 2 is 2.08 bits per heavy atom. The lowest BCUT2D eigenvalue weighted by atomic mass is 10.1. The van der Waals surface area contributed by atoms with Gasteiger partial charge in [-0.1, -0.05) is 5.92 Å². The number of hydrogen-bond acceptors (Lipinski definition) is 6. The number of carbonyl (C=O) groups excluding carboxylic acids is 1. The molecular formula is C24H24F4N4O4S. The van der Waals surface area contributed by atoms with Crippen LogP contribution < -0.4 is 14.9 Å². The number of aromatic nitrogens is 1. The number of halogens is 4. The highest BCUT2D eigenvalue weighted by Gasteiger charge is 2.35. The molecule has 0 saturated carbocycles. The smallest absolute Gasteiger partial charge is 0.394 e. The summed E-state index contributed by atoms with van der Waals surface area (Å²) in [5, 5.41) is 12.1. The monoisotopic (exact) mass is 540 g/mol. The highest BCUT2D eigenvalue weighted by atomic mass is 32.2. The number of aliphatic hydroxyl groups excluding tert-OH is 1. The van der Waals surface area contributed by atoms with Gasteiger partial charge in [0.2, 0.25) is 15.9 Å². The largest absolute Gasteiger partial charge is 0.433 e. The standard InChI is InChI=1S/C24H24F4N4O4S/c1-3-16-11-15(12-19(25)22(16)31-37(2,35)36)13-29-21(34)9-7-17-6-8-20(24(26,27)28)30-23(17)32-10-4-5-18(32)14-33/h1,6-9,11-12,18,31,33H,4-5,10,13-14H2,2H3,(H,29,34)/b9-7-. The number of sulfonamides is 1. The molecule has 8 nitrogen and oxygen atoms in total. The predicted octanol–water partition coefficient (Wildman–Crippen LogP) is 2.88. The van der Waals surface area contributed by atoms with Crippen molar-refractivity contribution >= 4 is 33.5 Å². The van der Waals surface area contributed by atoms with E-state index in [0.29, 0.717) is 19.4 Å². The summed E-state index contributed by atoms with van der Waals surface area (Å²) in [7, 11) is -3.78. The Morgan fingerprint density at radius 1 is 1.35 bits per heavy atom. The molecule has 2 heterocycles. The van der Waals surface area contributed by atoms with Crippen molar-refractivity contribution in [2.24, 2.45) is 0 Å². The molecule has 0 radical (unpaired) electrons. The third-order valence-electron chi connectivity index (χ3n) is 5.53. The van der Waals surface area contributed by atoms with Gasteiger partial charge in [0.15, 0.2) is 0 Å². The Morgan fingerprint density at radius 3 is 2.70 bits per heavy atom. The van der Waals surface area contributed by atoms with E-state index >= 15 is 0 Å².